The molecule has 0 spiro atoms. The van der Waals surface area contributed by atoms with Gasteiger partial charge in [-0.1, -0.05) is 402 Å². The van der Waals surface area contributed by atoms with Crippen LogP contribution >= 0.6 is 15.8 Å². The standard InChI is InChI=1S/2C35H25.2C13H22P.2Fe.Pd/c2*1-6-16-26(17-7-1)31-32(27-18-8-2-9-19-27)34(29-22-12-4-13-23-29)35(30-24-14-5-15-25-30)33(31)28-20-10-3-11-21-28;2*1-12(2,3)14(13(4,5)6)11-9-7-8-10-11;;;/h2*1-25H;2*7-10H,1-6H3;;;/q;;;;2*+2;. The van der Waals surface area contributed by atoms with E-state index in [1.165, 1.54) is 115 Å². The molecule has 20 radical (unpaired) electrons. The summed E-state index contributed by atoms with van der Waals surface area (Å²) in [6, 6.07) is 108. The van der Waals surface area contributed by atoms with Crippen molar-refractivity contribution in [3.05, 3.63) is 481 Å². The summed E-state index contributed by atoms with van der Waals surface area (Å²) in [4.78, 5) is 0. The first-order valence-corrected chi connectivity index (χ1v) is 37.3. The van der Waals surface area contributed by atoms with Crippen LogP contribution in [0.5, 0.6) is 0 Å². The van der Waals surface area contributed by atoms with Gasteiger partial charge in [-0.2, -0.15) is 0 Å². The molecule has 0 heterocycles. The van der Waals surface area contributed by atoms with Crippen molar-refractivity contribution in [3.8, 4) is 0 Å². The Morgan fingerprint density at radius 2 is 0.267 bits per heavy atom. The van der Waals surface area contributed by atoms with Crippen LogP contribution in [0.15, 0.2) is 303 Å². The van der Waals surface area contributed by atoms with Gasteiger partial charge in [0.2, 0.25) is 0 Å². The quantitative estimate of drug-likeness (QED) is 0.0845. The zero-order valence-electron chi connectivity index (χ0n) is 60.4. The Bertz CT molecular complexity index is 3090. The number of rotatable bonds is 12. The van der Waals surface area contributed by atoms with Crippen molar-refractivity contribution in [3.63, 3.8) is 0 Å². The summed E-state index contributed by atoms with van der Waals surface area (Å²) in [7, 11) is -0.202. The molecule has 0 amide bonds. The molecule has 0 unspecified atom stereocenters. The fourth-order valence-corrected chi connectivity index (χ4v) is 22.8. The van der Waals surface area contributed by atoms with Crippen molar-refractivity contribution in [2.45, 2.75) is 104 Å². The van der Waals surface area contributed by atoms with Crippen molar-refractivity contribution in [1.82, 2.24) is 0 Å². The Morgan fingerprint density at radius 3 is 0.356 bits per heavy atom. The molecule has 0 aromatic heterocycles. The molecule has 0 atom stereocenters. The third kappa shape index (κ3) is 20.2. The molecule has 510 valence electrons. The van der Waals surface area contributed by atoms with E-state index >= 15 is 0 Å². The average Bonchev–Trinajstić information content (AvgIpc) is 1.58. The van der Waals surface area contributed by atoms with Gasteiger partial charge in [-0.3, -0.25) is 0 Å². The van der Waals surface area contributed by atoms with E-state index in [1.807, 2.05) is 0 Å². The topological polar surface area (TPSA) is 0 Å². The van der Waals surface area contributed by atoms with Crippen molar-refractivity contribution < 1.29 is 54.6 Å². The van der Waals surface area contributed by atoms with Crippen LogP contribution in [0.2, 0.25) is 0 Å². The van der Waals surface area contributed by atoms with Crippen LogP contribution in [0, 0.1) is 122 Å². The van der Waals surface area contributed by atoms with Gasteiger partial charge in [0, 0.05) is 90.9 Å². The molecule has 10 aromatic carbocycles. The normalized spacial score (nSPS) is 16.9. The molecule has 0 aliphatic heterocycles. The maximum absolute atomic E-state index is 2.36. The van der Waals surface area contributed by atoms with E-state index in [1.54, 1.807) is 11.3 Å². The Hall–Kier alpha value is -5.24. The van der Waals surface area contributed by atoms with Crippen LogP contribution < -0.4 is 0 Å². The second-order valence-electron chi connectivity index (χ2n) is 29.1. The predicted octanol–water partition coefficient (Wildman–Crippen LogP) is 25.1. The maximum atomic E-state index is 2.36. The summed E-state index contributed by atoms with van der Waals surface area (Å²) in [6.45, 7) is 28.3. The third-order valence-electron chi connectivity index (χ3n) is 17.6. The molecule has 4 saturated carbocycles. The van der Waals surface area contributed by atoms with Gasteiger partial charge in [-0.05, 0) is 128 Å². The van der Waals surface area contributed by atoms with Gasteiger partial charge in [0.1, 0.15) is 0 Å². The number of benzene rings is 10. The van der Waals surface area contributed by atoms with Gasteiger partial charge < -0.3 is 0 Å². The summed E-state index contributed by atoms with van der Waals surface area (Å²) in [5, 5.41) is 1.56. The first kappa shape index (κ1) is 81.4. The predicted molar refractivity (Wildman–Crippen MR) is 422 cm³/mol. The van der Waals surface area contributed by atoms with Gasteiger partial charge >= 0.3 is 34.1 Å². The first-order valence-electron chi connectivity index (χ1n) is 34.6. The van der Waals surface area contributed by atoms with Crippen LogP contribution in [-0.4, -0.2) is 20.6 Å². The Balaban J connectivity index is 0.000000184. The first-order chi connectivity index (χ1) is 47.3. The summed E-state index contributed by atoms with van der Waals surface area (Å²) in [5.41, 5.74) is 15.3. The molecule has 4 fully saturated rings. The van der Waals surface area contributed by atoms with E-state index < -0.39 is 0 Å². The van der Waals surface area contributed by atoms with Crippen molar-refractivity contribution in [2.75, 3.05) is 0 Å². The average molecular weight is 1530 g/mol. The molecular formula is C96H94Fe2P2Pd+4. The molecule has 10 aromatic rings. The van der Waals surface area contributed by atoms with Crippen molar-refractivity contribution in [2.24, 2.45) is 0 Å². The van der Waals surface area contributed by atoms with Gasteiger partial charge in [-0.25, -0.2) is 0 Å². The molecule has 101 heavy (non-hydrogen) atoms. The fourth-order valence-electron chi connectivity index (χ4n) is 14.8. The molecule has 0 nitrogen and oxygen atoms in total. The molecule has 14 rings (SSSR count). The van der Waals surface area contributed by atoms with Crippen LogP contribution in [-0.2, 0) is 54.6 Å². The number of hydrogen-bond donors (Lipinski definition) is 0. The minimum Gasteiger partial charge on any atom is -0.0877 e. The molecule has 4 aliphatic carbocycles. The largest absolute Gasteiger partial charge is 2.00 e. The Morgan fingerprint density at radius 1 is 0.168 bits per heavy atom. The zero-order valence-corrected chi connectivity index (χ0v) is 66.0. The Labute approximate surface area is 649 Å². The SMILES string of the molecule is CC(C)(C)P([C]1[CH][CH][CH][CH]1)C(C)(C)C.CC(C)(C)P([C]1[CH][CH][CH][CH]1)C(C)(C)C.[Fe+2].[Fe+2].[Pd].c1ccc([C]2[C](c3ccccc3)[C](c3ccccc3)[C](c3ccccc3)[C]2c2ccccc2)cc1.c1ccc([C]2[C](c3ccccc3)[C](c3ccccc3)[C](c3ccccc3)[C]2c2ccccc2)cc1. The fraction of sp³-hybridized carbons (Fsp3) is 0.167. The van der Waals surface area contributed by atoms with Crippen molar-refractivity contribution >= 4 is 15.8 Å². The van der Waals surface area contributed by atoms with Crippen LogP contribution in [0.1, 0.15) is 139 Å². The van der Waals surface area contributed by atoms with E-state index in [0.717, 1.165) is 0 Å². The van der Waals surface area contributed by atoms with E-state index in [2.05, 4.69) is 438 Å². The molecule has 5 heteroatoms. The van der Waals surface area contributed by atoms with E-state index in [4.69, 9.17) is 0 Å². The molecule has 4 aliphatic rings. The number of hydrogen-bond acceptors (Lipinski definition) is 0. The second-order valence-corrected chi connectivity index (χ2v) is 36.8. The van der Waals surface area contributed by atoms with Gasteiger partial charge in [0.05, 0.1) is 0 Å². The van der Waals surface area contributed by atoms with Crippen LogP contribution in [0.4, 0.5) is 0 Å². The molecule has 0 N–H and O–H groups in total. The summed E-state index contributed by atoms with van der Waals surface area (Å²) < 4.78 is 0. The van der Waals surface area contributed by atoms with Gasteiger partial charge in [0.25, 0.3) is 0 Å². The minimum absolute atomic E-state index is 0. The van der Waals surface area contributed by atoms with E-state index in [-0.39, 0.29) is 70.4 Å². The molecule has 0 saturated heterocycles. The Kier molecular flexibility index (Phi) is 30.4. The summed E-state index contributed by atoms with van der Waals surface area (Å²) >= 11 is 0. The van der Waals surface area contributed by atoms with Crippen molar-refractivity contribution in [1.29, 1.82) is 0 Å². The second kappa shape index (κ2) is 37.6. The van der Waals surface area contributed by atoms with E-state index in [9.17, 15) is 0 Å². The summed E-state index contributed by atoms with van der Waals surface area (Å²) in [6.07, 6.45) is 17.7. The molecule has 0 bridgehead atoms. The smallest absolute Gasteiger partial charge is 0.0877 e. The maximum Gasteiger partial charge on any atom is 2.00 e. The zero-order chi connectivity index (χ0) is 68.9. The van der Waals surface area contributed by atoms with E-state index in [0.29, 0.717) is 20.6 Å². The van der Waals surface area contributed by atoms with Gasteiger partial charge in [0.15, 0.2) is 0 Å². The minimum atomic E-state index is -0.101. The third-order valence-corrected chi connectivity index (χ3v) is 24.6. The van der Waals surface area contributed by atoms with Gasteiger partial charge in [-0.15, -0.1) is 0 Å². The summed E-state index contributed by atoms with van der Waals surface area (Å²) in [5.74, 6) is 12.8. The molecular weight excluding hydrogens is 1430 g/mol. The monoisotopic (exact) mass is 1530 g/mol. The van der Waals surface area contributed by atoms with Crippen LogP contribution in [0.3, 0.4) is 0 Å². The van der Waals surface area contributed by atoms with Crippen LogP contribution in [0.25, 0.3) is 0 Å².